The summed E-state index contributed by atoms with van der Waals surface area (Å²) in [5, 5.41) is 7.89. The van der Waals surface area contributed by atoms with Crippen molar-refractivity contribution in [1.82, 2.24) is 0 Å². The van der Waals surface area contributed by atoms with Crippen molar-refractivity contribution in [3.05, 3.63) is 72.9 Å². The third-order valence-electron chi connectivity index (χ3n) is 2.33. The Bertz CT molecular complexity index is 544. The molecule has 0 amide bonds. The quantitative estimate of drug-likeness (QED) is 0.662. The maximum Gasteiger partial charge on any atom is 0.332 e. The van der Waals surface area contributed by atoms with Crippen LogP contribution in [-0.4, -0.2) is 24.2 Å². The summed E-state index contributed by atoms with van der Waals surface area (Å²) in [6, 6.07) is 8.02. The lowest BCUT2D eigenvalue weighted by atomic mass is 10.1. The van der Waals surface area contributed by atoms with Gasteiger partial charge in [0.2, 0.25) is 0 Å². The van der Waals surface area contributed by atoms with Gasteiger partial charge in [0.15, 0.2) is 0 Å². The van der Waals surface area contributed by atoms with E-state index >= 15 is 0 Å². The first-order chi connectivity index (χ1) is 10.7. The fraction of sp³-hybridized carbons (Fsp3) is 0.158. The molecule has 0 aliphatic rings. The Morgan fingerprint density at radius 1 is 1.00 bits per heavy atom. The van der Waals surface area contributed by atoms with Crippen LogP contribution in [0.5, 0.6) is 0 Å². The number of hydrogen-bond donors (Lipinski definition) is 1. The van der Waals surface area contributed by atoms with Crippen molar-refractivity contribution in [2.75, 3.05) is 7.11 Å². The number of aliphatic carboxylic acids is 1. The number of methoxy groups -OCH3 is 1. The lowest BCUT2D eigenvalue weighted by Crippen LogP contribution is -1.98. The number of esters is 1. The van der Waals surface area contributed by atoms with Gasteiger partial charge < -0.3 is 9.84 Å². The molecular weight excluding hydrogens is 292 g/mol. The summed E-state index contributed by atoms with van der Waals surface area (Å²) in [5.41, 5.74) is 2.88. The van der Waals surface area contributed by atoms with Crippen LogP contribution in [0.4, 0.5) is 0 Å². The van der Waals surface area contributed by atoms with E-state index in [4.69, 9.17) is 5.11 Å². The first kappa shape index (κ1) is 22.4. The third kappa shape index (κ3) is 11.5. The van der Waals surface area contributed by atoms with Crippen LogP contribution in [-0.2, 0) is 14.3 Å². The monoisotopic (exact) mass is 316 g/mol. The minimum absolute atomic E-state index is 0.176. The van der Waals surface area contributed by atoms with Crippen LogP contribution < -0.4 is 0 Å². The average Bonchev–Trinajstić information content (AvgIpc) is 2.54. The van der Waals surface area contributed by atoms with Gasteiger partial charge in [-0.05, 0) is 25.0 Å². The molecule has 0 aromatic heterocycles. The molecule has 0 fully saturated rings. The largest absolute Gasteiger partial charge is 0.478 e. The predicted octanol–water partition coefficient (Wildman–Crippen LogP) is 4.36. The maximum absolute atomic E-state index is 10.2. The van der Waals surface area contributed by atoms with Crippen LogP contribution in [0.2, 0.25) is 0 Å². The molecule has 0 saturated heterocycles. The van der Waals surface area contributed by atoms with E-state index in [2.05, 4.69) is 31.1 Å². The highest BCUT2D eigenvalue weighted by Gasteiger charge is 1.95. The van der Waals surface area contributed by atoms with E-state index in [0.717, 1.165) is 11.1 Å². The highest BCUT2D eigenvalue weighted by Crippen LogP contribution is 2.10. The molecule has 0 radical (unpaired) electrons. The van der Waals surface area contributed by atoms with Crippen molar-refractivity contribution in [3.8, 4) is 0 Å². The molecule has 1 rings (SSSR count). The highest BCUT2D eigenvalue weighted by molar-refractivity contribution is 5.86. The molecule has 4 heteroatoms. The molecule has 0 aliphatic carbocycles. The second-order valence-electron chi connectivity index (χ2n) is 4.39. The summed E-state index contributed by atoms with van der Waals surface area (Å²) in [5.74, 6) is -1.28. The van der Waals surface area contributed by atoms with Gasteiger partial charge in [0, 0.05) is 11.1 Å². The smallest absolute Gasteiger partial charge is 0.332 e. The standard InChI is InChI=1S/C10H10.C5H8O2.C4H6O2/c1-3-9-7-5-6-8-10(9)4-2;1-4(2)5(6)7-3;1-3(2)4(5)6/h3-8H,1-2H2;1H2,2-3H3;1H2,2H3,(H,5,6). The van der Waals surface area contributed by atoms with Crippen LogP contribution in [0, 0.1) is 0 Å². The summed E-state index contributed by atoms with van der Waals surface area (Å²) >= 11 is 0. The maximum atomic E-state index is 10.2. The SMILES string of the molecule is C=C(C)C(=O)O.C=C(C)C(=O)OC.C=Cc1ccccc1C=C. The number of carboxylic acids is 1. The van der Waals surface area contributed by atoms with Gasteiger partial charge in [0.1, 0.15) is 0 Å². The summed E-state index contributed by atoms with van der Waals surface area (Å²) in [4.78, 5) is 19.8. The van der Waals surface area contributed by atoms with Crippen LogP contribution in [0.25, 0.3) is 12.2 Å². The van der Waals surface area contributed by atoms with E-state index in [1.54, 1.807) is 6.92 Å². The Hall–Kier alpha value is -2.88. The number of ether oxygens (including phenoxy) is 1. The lowest BCUT2D eigenvalue weighted by molar-refractivity contribution is -0.136. The minimum atomic E-state index is -0.935. The molecule has 4 nitrogen and oxygen atoms in total. The molecule has 0 unspecified atom stereocenters. The van der Waals surface area contributed by atoms with Gasteiger partial charge in [0.05, 0.1) is 7.11 Å². The number of carbonyl (C=O) groups excluding carboxylic acids is 1. The normalized spacial score (nSPS) is 8.13. The van der Waals surface area contributed by atoms with Gasteiger partial charge in [-0.1, -0.05) is 62.7 Å². The van der Waals surface area contributed by atoms with Crippen LogP contribution in [0.15, 0.2) is 61.7 Å². The van der Waals surface area contributed by atoms with E-state index in [9.17, 15) is 9.59 Å². The number of hydrogen-bond acceptors (Lipinski definition) is 3. The molecule has 0 bridgehead atoms. The van der Waals surface area contributed by atoms with Crippen molar-refractivity contribution in [1.29, 1.82) is 0 Å². The van der Waals surface area contributed by atoms with Gasteiger partial charge in [0.25, 0.3) is 0 Å². The molecule has 1 N–H and O–H groups in total. The van der Waals surface area contributed by atoms with E-state index in [0.29, 0.717) is 5.57 Å². The molecule has 0 aliphatic heterocycles. The van der Waals surface area contributed by atoms with Gasteiger partial charge in [-0.3, -0.25) is 0 Å². The number of rotatable bonds is 4. The van der Waals surface area contributed by atoms with Gasteiger partial charge in [-0.2, -0.15) is 0 Å². The molecule has 0 heterocycles. The lowest BCUT2D eigenvalue weighted by Gasteiger charge is -1.96. The van der Waals surface area contributed by atoms with Gasteiger partial charge >= 0.3 is 11.9 Å². The fourth-order valence-electron chi connectivity index (χ4n) is 1.06. The molecule has 0 saturated carbocycles. The fourth-order valence-corrected chi connectivity index (χ4v) is 1.06. The second-order valence-corrected chi connectivity index (χ2v) is 4.39. The van der Waals surface area contributed by atoms with E-state index in [1.807, 2.05) is 36.4 Å². The highest BCUT2D eigenvalue weighted by atomic mass is 16.5. The minimum Gasteiger partial charge on any atom is -0.478 e. The molecule has 23 heavy (non-hydrogen) atoms. The molecule has 124 valence electrons. The van der Waals surface area contributed by atoms with E-state index in [1.165, 1.54) is 14.0 Å². The molecule has 1 aromatic rings. The van der Waals surface area contributed by atoms with Crippen molar-refractivity contribution in [3.63, 3.8) is 0 Å². The predicted molar refractivity (Wildman–Crippen MR) is 95.9 cm³/mol. The average molecular weight is 316 g/mol. The van der Waals surface area contributed by atoms with Crippen molar-refractivity contribution in [2.45, 2.75) is 13.8 Å². The molecule has 0 spiro atoms. The van der Waals surface area contributed by atoms with Gasteiger partial charge in [-0.15, -0.1) is 0 Å². The van der Waals surface area contributed by atoms with Crippen LogP contribution >= 0.6 is 0 Å². The zero-order valence-corrected chi connectivity index (χ0v) is 14.0. The molecule has 1 aromatic carbocycles. The Labute approximate surface area is 138 Å². The topological polar surface area (TPSA) is 63.6 Å². The Kier molecular flexibility index (Phi) is 12.5. The van der Waals surface area contributed by atoms with Crippen molar-refractivity contribution < 1.29 is 19.4 Å². The number of benzene rings is 1. The van der Waals surface area contributed by atoms with E-state index < -0.39 is 5.97 Å². The zero-order chi connectivity index (χ0) is 18.4. The Morgan fingerprint density at radius 2 is 1.35 bits per heavy atom. The zero-order valence-electron chi connectivity index (χ0n) is 14.0. The van der Waals surface area contributed by atoms with Gasteiger partial charge in [-0.25, -0.2) is 9.59 Å². The van der Waals surface area contributed by atoms with Crippen molar-refractivity contribution >= 4 is 24.1 Å². The Morgan fingerprint density at radius 3 is 1.48 bits per heavy atom. The van der Waals surface area contributed by atoms with Crippen LogP contribution in [0.3, 0.4) is 0 Å². The second kappa shape index (κ2) is 12.8. The van der Waals surface area contributed by atoms with Crippen LogP contribution in [0.1, 0.15) is 25.0 Å². The Balaban J connectivity index is 0. The summed E-state index contributed by atoms with van der Waals surface area (Å²) < 4.78 is 4.27. The molecule has 0 atom stereocenters. The summed E-state index contributed by atoms with van der Waals surface area (Å²) in [6.07, 6.45) is 3.66. The number of carbonyl (C=O) groups is 2. The first-order valence-electron chi connectivity index (χ1n) is 6.67. The van der Waals surface area contributed by atoms with Crippen molar-refractivity contribution in [2.24, 2.45) is 0 Å². The molecular formula is C19H24O4. The number of carboxylic acid groups (broad SMARTS) is 1. The van der Waals surface area contributed by atoms with E-state index in [-0.39, 0.29) is 11.5 Å². The summed E-state index contributed by atoms with van der Waals surface area (Å²) in [7, 11) is 1.33. The summed E-state index contributed by atoms with van der Waals surface area (Å²) in [6.45, 7) is 16.9. The third-order valence-corrected chi connectivity index (χ3v) is 2.33. The first-order valence-corrected chi connectivity index (χ1v) is 6.67.